The Kier molecular flexibility index (Phi) is 6.08. The van der Waals surface area contributed by atoms with Crippen LogP contribution in [0.4, 0.5) is 10.1 Å². The smallest absolute Gasteiger partial charge is 0.255 e. The van der Waals surface area contributed by atoms with Crippen molar-refractivity contribution in [3.8, 4) is 22.6 Å². The number of hydrogen-bond acceptors (Lipinski definition) is 7. The zero-order valence-corrected chi connectivity index (χ0v) is 22.0. The third-order valence-corrected chi connectivity index (χ3v) is 6.94. The van der Waals surface area contributed by atoms with Crippen molar-refractivity contribution in [2.45, 2.75) is 6.42 Å². The molecule has 42 heavy (non-hydrogen) atoms. The van der Waals surface area contributed by atoms with E-state index in [0.29, 0.717) is 40.5 Å². The molecule has 5 heterocycles. The van der Waals surface area contributed by atoms with Gasteiger partial charge in [-0.3, -0.25) is 19.9 Å². The van der Waals surface area contributed by atoms with E-state index in [1.54, 1.807) is 42.7 Å². The topological polar surface area (TPSA) is 151 Å². The zero-order chi connectivity index (χ0) is 28.6. The van der Waals surface area contributed by atoms with E-state index < -0.39 is 5.82 Å². The summed E-state index contributed by atoms with van der Waals surface area (Å²) in [6.07, 6.45) is 12.1. The standard InChI is InChI=1S/C31H22FN9O/c32-26-23(19-11-21(15-35-14-19)37-31(42)17-5-2-1-3-6-17)16-36-29-25(26)28(40-41-29)30-38-24-12-20(33)8-9-22(27(24)39-30)18-7-4-10-34-13-18/h1-11,13-16H,12,33H2,(H,37,42)(H,38,39)(H,36,40,41). The second-order valence-electron chi connectivity index (χ2n) is 9.72. The minimum atomic E-state index is -0.550. The maximum Gasteiger partial charge on any atom is 0.255 e. The number of benzene rings is 1. The van der Waals surface area contributed by atoms with Gasteiger partial charge in [-0.1, -0.05) is 30.3 Å². The number of carbonyl (C=O) groups is 1. The number of hydrogen-bond donors (Lipinski definition) is 4. The fraction of sp³-hybridized carbons (Fsp3) is 0.0323. The van der Waals surface area contributed by atoms with Crippen LogP contribution in [0.15, 0.2) is 97.4 Å². The van der Waals surface area contributed by atoms with E-state index >= 15 is 4.39 Å². The molecule has 10 nitrogen and oxygen atoms in total. The fourth-order valence-electron chi connectivity index (χ4n) is 4.94. The van der Waals surface area contributed by atoms with Gasteiger partial charge in [0.2, 0.25) is 0 Å². The van der Waals surface area contributed by atoms with E-state index in [9.17, 15) is 4.79 Å². The SMILES string of the molecule is NC1=CC=C(c2cccnc2)c2nc(-c3n[nH]c4ncc(-c5cncc(NC(=O)c6ccccc6)c5)c(F)c34)[nH]c2C1. The van der Waals surface area contributed by atoms with E-state index in [1.807, 2.05) is 30.4 Å². The van der Waals surface area contributed by atoms with Gasteiger partial charge in [0.25, 0.3) is 5.91 Å². The first-order chi connectivity index (χ1) is 20.5. The van der Waals surface area contributed by atoms with Crippen LogP contribution in [0.5, 0.6) is 0 Å². The number of H-pyrrole nitrogens is 2. The largest absolute Gasteiger partial charge is 0.402 e. The monoisotopic (exact) mass is 555 g/mol. The molecule has 1 aliphatic rings. The van der Waals surface area contributed by atoms with Gasteiger partial charge in [0.05, 0.1) is 23.0 Å². The number of fused-ring (bicyclic) bond motifs is 2. The highest BCUT2D eigenvalue weighted by atomic mass is 19.1. The van der Waals surface area contributed by atoms with Crippen molar-refractivity contribution in [3.05, 3.63) is 126 Å². The van der Waals surface area contributed by atoms with Crippen LogP contribution in [0.25, 0.3) is 39.3 Å². The Morgan fingerprint density at radius 1 is 0.952 bits per heavy atom. The van der Waals surface area contributed by atoms with E-state index in [1.165, 1.54) is 18.6 Å². The minimum absolute atomic E-state index is 0.172. The number of pyridine rings is 3. The molecule has 1 aromatic carbocycles. The first-order valence-electron chi connectivity index (χ1n) is 13.1. The van der Waals surface area contributed by atoms with Gasteiger partial charge in [-0.25, -0.2) is 14.4 Å². The molecule has 5 N–H and O–H groups in total. The molecule has 0 atom stereocenters. The Balaban J connectivity index is 1.27. The summed E-state index contributed by atoms with van der Waals surface area (Å²) < 4.78 is 16.2. The van der Waals surface area contributed by atoms with Crippen LogP contribution in [0.2, 0.25) is 0 Å². The first-order valence-corrected chi connectivity index (χ1v) is 13.1. The molecule has 11 heteroatoms. The Bertz CT molecular complexity index is 2030. The molecule has 1 aliphatic carbocycles. The lowest BCUT2D eigenvalue weighted by Crippen LogP contribution is -2.11. The molecule has 6 aromatic rings. The van der Waals surface area contributed by atoms with Gasteiger partial charge in [-0.05, 0) is 30.3 Å². The van der Waals surface area contributed by atoms with Crippen LogP contribution >= 0.6 is 0 Å². The number of aromatic nitrogens is 7. The van der Waals surface area contributed by atoms with Gasteiger partial charge < -0.3 is 16.0 Å². The predicted octanol–water partition coefficient (Wildman–Crippen LogP) is 5.03. The van der Waals surface area contributed by atoms with Crippen molar-refractivity contribution in [1.29, 1.82) is 0 Å². The zero-order valence-electron chi connectivity index (χ0n) is 22.0. The van der Waals surface area contributed by atoms with Gasteiger partial charge in [0, 0.05) is 70.4 Å². The number of rotatable bonds is 5. The molecule has 0 saturated carbocycles. The van der Waals surface area contributed by atoms with Crippen molar-refractivity contribution >= 4 is 28.2 Å². The Hall–Kier alpha value is -5.97. The lowest BCUT2D eigenvalue weighted by Gasteiger charge is -2.08. The number of carbonyl (C=O) groups excluding carboxylic acids is 1. The van der Waals surface area contributed by atoms with Crippen molar-refractivity contribution in [2.24, 2.45) is 5.73 Å². The molecule has 7 rings (SSSR count). The average Bonchev–Trinajstić information content (AvgIpc) is 3.60. The van der Waals surface area contributed by atoms with Gasteiger partial charge in [-0.15, -0.1) is 0 Å². The summed E-state index contributed by atoms with van der Waals surface area (Å²) in [7, 11) is 0. The summed E-state index contributed by atoms with van der Waals surface area (Å²) in [5, 5.41) is 10.2. The molecule has 0 fully saturated rings. The molecular weight excluding hydrogens is 533 g/mol. The highest BCUT2D eigenvalue weighted by molar-refractivity contribution is 6.04. The highest BCUT2D eigenvalue weighted by Crippen LogP contribution is 2.35. The Morgan fingerprint density at radius 3 is 2.64 bits per heavy atom. The predicted molar refractivity (Wildman–Crippen MR) is 156 cm³/mol. The highest BCUT2D eigenvalue weighted by Gasteiger charge is 2.24. The lowest BCUT2D eigenvalue weighted by atomic mass is 10.0. The maximum absolute atomic E-state index is 16.2. The van der Waals surface area contributed by atoms with Crippen LogP contribution in [0.3, 0.4) is 0 Å². The van der Waals surface area contributed by atoms with Gasteiger partial charge in [0.15, 0.2) is 11.5 Å². The molecule has 0 saturated heterocycles. The number of nitrogens with two attached hydrogens (primary N) is 1. The number of anilines is 1. The summed E-state index contributed by atoms with van der Waals surface area (Å²) in [6.45, 7) is 0. The number of aromatic amines is 2. The summed E-state index contributed by atoms with van der Waals surface area (Å²) in [5.41, 5.74) is 12.1. The van der Waals surface area contributed by atoms with Gasteiger partial charge >= 0.3 is 0 Å². The normalized spacial score (nSPS) is 12.8. The number of amides is 1. The second-order valence-corrected chi connectivity index (χ2v) is 9.72. The van der Waals surface area contributed by atoms with E-state index in [0.717, 1.165) is 16.8 Å². The Morgan fingerprint density at radius 2 is 1.81 bits per heavy atom. The first kappa shape index (κ1) is 25.0. The van der Waals surface area contributed by atoms with Crippen molar-refractivity contribution in [1.82, 2.24) is 35.1 Å². The summed E-state index contributed by atoms with van der Waals surface area (Å²) >= 11 is 0. The summed E-state index contributed by atoms with van der Waals surface area (Å²) in [4.78, 5) is 33.6. The third kappa shape index (κ3) is 4.48. The molecule has 1 amide bonds. The molecule has 0 radical (unpaired) electrons. The van der Waals surface area contributed by atoms with Crippen molar-refractivity contribution < 1.29 is 9.18 Å². The molecular formula is C31H22FN9O. The summed E-state index contributed by atoms with van der Waals surface area (Å²) in [6, 6.07) is 14.2. The van der Waals surface area contributed by atoms with Crippen molar-refractivity contribution in [3.63, 3.8) is 0 Å². The van der Waals surface area contributed by atoms with Crippen molar-refractivity contribution in [2.75, 3.05) is 5.32 Å². The molecule has 0 aliphatic heterocycles. The molecule has 5 aromatic heterocycles. The quantitative estimate of drug-likeness (QED) is 0.233. The minimum Gasteiger partial charge on any atom is -0.402 e. The lowest BCUT2D eigenvalue weighted by molar-refractivity contribution is 0.102. The Labute approximate surface area is 238 Å². The number of allylic oxidation sites excluding steroid dienone is 3. The third-order valence-electron chi connectivity index (χ3n) is 6.94. The van der Waals surface area contributed by atoms with Crippen LogP contribution < -0.4 is 11.1 Å². The van der Waals surface area contributed by atoms with Crippen LogP contribution in [-0.4, -0.2) is 41.0 Å². The van der Waals surface area contributed by atoms with Crippen LogP contribution in [0, 0.1) is 5.82 Å². The number of nitrogens with one attached hydrogen (secondary N) is 3. The molecule has 0 spiro atoms. The molecule has 0 bridgehead atoms. The number of imidazole rings is 1. The van der Waals surface area contributed by atoms with Gasteiger partial charge in [0.1, 0.15) is 11.5 Å². The van der Waals surface area contributed by atoms with E-state index in [4.69, 9.17) is 10.7 Å². The van der Waals surface area contributed by atoms with Crippen LogP contribution in [0.1, 0.15) is 27.3 Å². The summed E-state index contributed by atoms with van der Waals surface area (Å²) in [5.74, 6) is -0.477. The molecule has 204 valence electrons. The van der Waals surface area contributed by atoms with Crippen LogP contribution in [-0.2, 0) is 6.42 Å². The number of halogens is 1. The maximum atomic E-state index is 16.2. The average molecular weight is 556 g/mol. The van der Waals surface area contributed by atoms with E-state index in [2.05, 4.69) is 35.5 Å². The molecule has 0 unspecified atom stereocenters. The van der Waals surface area contributed by atoms with E-state index in [-0.39, 0.29) is 28.2 Å². The van der Waals surface area contributed by atoms with Gasteiger partial charge in [-0.2, -0.15) is 5.10 Å². The fourth-order valence-corrected chi connectivity index (χ4v) is 4.94. The second kappa shape index (κ2) is 10.2. The number of nitrogens with zero attached hydrogens (tertiary/aromatic N) is 5.